The molecule has 1 heterocycles. The Morgan fingerprint density at radius 2 is 2.26 bits per heavy atom. The zero-order valence-corrected chi connectivity index (χ0v) is 12.3. The Labute approximate surface area is 122 Å². The predicted octanol–water partition coefficient (Wildman–Crippen LogP) is 4.17. The number of aromatic amines is 1. The van der Waals surface area contributed by atoms with Crippen molar-refractivity contribution in [3.63, 3.8) is 0 Å². The average Bonchev–Trinajstić information content (AvgIpc) is 3.14. The van der Waals surface area contributed by atoms with Crippen molar-refractivity contribution in [1.29, 1.82) is 0 Å². The van der Waals surface area contributed by atoms with Gasteiger partial charge in [0, 0.05) is 19.8 Å². The zero-order chi connectivity index (χ0) is 13.2. The molecule has 1 saturated carbocycles. The van der Waals surface area contributed by atoms with Gasteiger partial charge in [0.1, 0.15) is 0 Å². The van der Waals surface area contributed by atoms with Gasteiger partial charge in [-0.2, -0.15) is 0 Å². The largest absolute Gasteiger partial charge is 0.381 e. The molecule has 0 bridgehead atoms. The molecule has 1 N–H and O–H groups in total. The number of rotatable bonds is 6. The summed E-state index contributed by atoms with van der Waals surface area (Å²) in [4.78, 5) is 3.19. The number of aromatic nitrogens is 2. The number of fused-ring (bicyclic) bond motifs is 1. The number of nitrogens with one attached hydrogen (secondary N) is 1. The van der Waals surface area contributed by atoms with Crippen molar-refractivity contribution < 1.29 is 4.74 Å². The van der Waals surface area contributed by atoms with Crippen LogP contribution in [0.25, 0.3) is 11.0 Å². The first-order valence-corrected chi connectivity index (χ1v) is 7.49. The molecule has 1 aliphatic rings. The Morgan fingerprint density at radius 3 is 3.05 bits per heavy atom. The number of hydrogen-bond donors (Lipinski definition) is 1. The van der Waals surface area contributed by atoms with Gasteiger partial charge in [0.25, 0.3) is 0 Å². The van der Waals surface area contributed by atoms with E-state index in [4.69, 9.17) is 28.6 Å². The van der Waals surface area contributed by atoms with Gasteiger partial charge in [-0.25, -0.2) is 0 Å². The van der Waals surface area contributed by atoms with Gasteiger partial charge >= 0.3 is 0 Å². The maximum atomic E-state index is 6.25. The van der Waals surface area contributed by atoms with Crippen molar-refractivity contribution in [2.24, 2.45) is 5.92 Å². The summed E-state index contributed by atoms with van der Waals surface area (Å²) in [6.07, 6.45) is 3.63. The molecule has 3 nitrogen and oxygen atoms in total. The zero-order valence-electron chi connectivity index (χ0n) is 10.7. The number of aryl methyl sites for hydroxylation is 1. The quantitative estimate of drug-likeness (QED) is 0.640. The molecule has 3 rings (SSSR count). The first kappa shape index (κ1) is 13.2. The van der Waals surface area contributed by atoms with Crippen LogP contribution in [0.3, 0.4) is 0 Å². The molecule has 1 fully saturated rings. The van der Waals surface area contributed by atoms with Gasteiger partial charge in [-0.3, -0.25) is 0 Å². The Hall–Kier alpha value is -0.840. The van der Waals surface area contributed by atoms with Crippen LogP contribution in [0.2, 0.25) is 5.02 Å². The van der Waals surface area contributed by atoms with Crippen molar-refractivity contribution in [1.82, 2.24) is 9.55 Å². The molecule has 0 amide bonds. The summed E-state index contributed by atoms with van der Waals surface area (Å²) in [7, 11) is 0. The number of benzene rings is 1. The Bertz CT molecular complexity index is 630. The summed E-state index contributed by atoms with van der Waals surface area (Å²) in [5.41, 5.74) is 1.99. The van der Waals surface area contributed by atoms with Crippen LogP contribution in [0.4, 0.5) is 0 Å². The molecule has 1 aliphatic carbocycles. The molecule has 19 heavy (non-hydrogen) atoms. The van der Waals surface area contributed by atoms with Gasteiger partial charge in [0.05, 0.1) is 16.1 Å². The standard InChI is InChI=1S/C14H17ClN2OS/c15-11-3-1-4-12-13(11)17(14(19)16-12)7-2-8-18-9-10-5-6-10/h1,3-4,10H,2,5-9H2,(H,16,19). The molecule has 0 saturated heterocycles. The van der Waals surface area contributed by atoms with E-state index in [0.717, 1.165) is 52.9 Å². The third-order valence-electron chi connectivity index (χ3n) is 3.46. The summed E-state index contributed by atoms with van der Waals surface area (Å²) in [6.45, 7) is 2.54. The minimum atomic E-state index is 0.727. The average molecular weight is 297 g/mol. The molecule has 5 heteroatoms. The van der Waals surface area contributed by atoms with Crippen molar-refractivity contribution in [3.05, 3.63) is 28.0 Å². The van der Waals surface area contributed by atoms with E-state index < -0.39 is 0 Å². The minimum Gasteiger partial charge on any atom is -0.381 e. The van der Waals surface area contributed by atoms with E-state index in [9.17, 15) is 0 Å². The van der Waals surface area contributed by atoms with Crippen LogP contribution in [0.5, 0.6) is 0 Å². The second-order valence-corrected chi connectivity index (χ2v) is 5.88. The summed E-state index contributed by atoms with van der Waals surface area (Å²) in [5.74, 6) is 0.824. The van der Waals surface area contributed by atoms with Gasteiger partial charge in [-0.1, -0.05) is 17.7 Å². The topological polar surface area (TPSA) is 29.9 Å². The van der Waals surface area contributed by atoms with E-state index in [0.29, 0.717) is 0 Å². The van der Waals surface area contributed by atoms with Crippen LogP contribution in [-0.4, -0.2) is 22.8 Å². The van der Waals surface area contributed by atoms with Crippen LogP contribution < -0.4 is 0 Å². The van der Waals surface area contributed by atoms with Gasteiger partial charge in [0.15, 0.2) is 4.77 Å². The number of ether oxygens (including phenoxy) is 1. The fourth-order valence-corrected chi connectivity index (χ4v) is 2.82. The summed E-state index contributed by atoms with van der Waals surface area (Å²) in [6, 6.07) is 5.82. The van der Waals surface area contributed by atoms with E-state index >= 15 is 0 Å². The molecule has 0 aliphatic heterocycles. The normalized spacial score (nSPS) is 15.2. The van der Waals surface area contributed by atoms with Gasteiger partial charge in [-0.15, -0.1) is 0 Å². The molecule has 0 atom stereocenters. The van der Waals surface area contributed by atoms with Gasteiger partial charge in [-0.05, 0) is 49.5 Å². The maximum absolute atomic E-state index is 6.25. The van der Waals surface area contributed by atoms with E-state index in [1.54, 1.807) is 0 Å². The SMILES string of the molecule is S=c1[nH]c2cccc(Cl)c2n1CCCOCC1CC1. The third kappa shape index (κ3) is 3.02. The van der Waals surface area contributed by atoms with E-state index in [-0.39, 0.29) is 0 Å². The van der Waals surface area contributed by atoms with Gasteiger partial charge < -0.3 is 14.3 Å². The smallest absolute Gasteiger partial charge is 0.178 e. The highest BCUT2D eigenvalue weighted by atomic mass is 35.5. The number of para-hydroxylation sites is 1. The maximum Gasteiger partial charge on any atom is 0.178 e. The fourth-order valence-electron chi connectivity index (χ4n) is 2.25. The second kappa shape index (κ2) is 5.65. The lowest BCUT2D eigenvalue weighted by atomic mass is 10.3. The first-order chi connectivity index (χ1) is 9.25. The highest BCUT2D eigenvalue weighted by Crippen LogP contribution is 2.28. The molecule has 0 spiro atoms. The predicted molar refractivity (Wildman–Crippen MR) is 80.3 cm³/mol. The first-order valence-electron chi connectivity index (χ1n) is 6.70. The Kier molecular flexibility index (Phi) is 3.91. The summed E-state index contributed by atoms with van der Waals surface area (Å²) >= 11 is 11.6. The molecule has 102 valence electrons. The number of halogens is 1. The highest BCUT2D eigenvalue weighted by molar-refractivity contribution is 7.71. The van der Waals surface area contributed by atoms with E-state index in [2.05, 4.69) is 9.55 Å². The van der Waals surface area contributed by atoms with Crippen molar-refractivity contribution in [3.8, 4) is 0 Å². The van der Waals surface area contributed by atoms with Crippen LogP contribution >= 0.6 is 23.8 Å². The highest BCUT2D eigenvalue weighted by Gasteiger charge is 2.20. The lowest BCUT2D eigenvalue weighted by Crippen LogP contribution is -2.04. The lowest BCUT2D eigenvalue weighted by molar-refractivity contribution is 0.119. The number of nitrogens with zero attached hydrogens (tertiary/aromatic N) is 1. The lowest BCUT2D eigenvalue weighted by Gasteiger charge is -2.06. The third-order valence-corrected chi connectivity index (χ3v) is 4.09. The fraction of sp³-hybridized carbons (Fsp3) is 0.500. The molecule has 2 aromatic rings. The molecular formula is C14H17ClN2OS. The number of imidazole rings is 1. The van der Waals surface area contributed by atoms with E-state index in [1.807, 2.05) is 18.2 Å². The van der Waals surface area contributed by atoms with Crippen LogP contribution in [0.15, 0.2) is 18.2 Å². The van der Waals surface area contributed by atoms with E-state index in [1.165, 1.54) is 12.8 Å². The number of H-pyrrole nitrogens is 1. The molecule has 1 aromatic heterocycles. The van der Waals surface area contributed by atoms with Crippen molar-refractivity contribution in [2.75, 3.05) is 13.2 Å². The van der Waals surface area contributed by atoms with Crippen LogP contribution in [0, 0.1) is 10.7 Å². The molecule has 0 unspecified atom stereocenters. The monoisotopic (exact) mass is 296 g/mol. The summed E-state index contributed by atoms with van der Waals surface area (Å²) in [5, 5.41) is 0.740. The Morgan fingerprint density at radius 1 is 1.42 bits per heavy atom. The van der Waals surface area contributed by atoms with Crippen LogP contribution in [-0.2, 0) is 11.3 Å². The number of hydrogen-bond acceptors (Lipinski definition) is 2. The van der Waals surface area contributed by atoms with Crippen molar-refractivity contribution >= 4 is 34.9 Å². The van der Waals surface area contributed by atoms with Gasteiger partial charge in [0.2, 0.25) is 0 Å². The minimum absolute atomic E-state index is 0.727. The molecule has 0 radical (unpaired) electrons. The Balaban J connectivity index is 1.66. The molecular weight excluding hydrogens is 280 g/mol. The summed E-state index contributed by atoms with van der Waals surface area (Å²) < 4.78 is 8.44. The molecule has 1 aromatic carbocycles. The second-order valence-electron chi connectivity index (χ2n) is 5.09. The van der Waals surface area contributed by atoms with Crippen molar-refractivity contribution in [2.45, 2.75) is 25.8 Å². The van der Waals surface area contributed by atoms with Crippen LogP contribution in [0.1, 0.15) is 19.3 Å².